The van der Waals surface area contributed by atoms with Crippen LogP contribution in [0, 0.1) is 0 Å². The molecule has 1 aromatic rings. The minimum atomic E-state index is -2.91. The second kappa shape index (κ2) is 3.36. The fourth-order valence-corrected chi connectivity index (χ4v) is 1.94. The Hall–Kier alpha value is -0.690. The summed E-state index contributed by atoms with van der Waals surface area (Å²) in [7, 11) is -2.91. The number of aromatic nitrogens is 2. The van der Waals surface area contributed by atoms with E-state index in [2.05, 4.69) is 10.2 Å². The Balaban J connectivity index is 2.55. The molecule has 0 saturated heterocycles. The Kier molecular flexibility index (Phi) is 2.63. The lowest BCUT2D eigenvalue weighted by Gasteiger charge is -1.92. The van der Waals surface area contributed by atoms with Crippen LogP contribution in [0.5, 0.6) is 0 Å². The van der Waals surface area contributed by atoms with Gasteiger partial charge in [0.15, 0.2) is 0 Å². The summed E-state index contributed by atoms with van der Waals surface area (Å²) in [6.45, 7) is 0. The summed E-state index contributed by atoms with van der Waals surface area (Å²) in [4.78, 5) is 0. The quantitative estimate of drug-likeness (QED) is 0.736. The average Bonchev–Trinajstić information content (AvgIpc) is 2.30. The summed E-state index contributed by atoms with van der Waals surface area (Å²) in [6.07, 6.45) is 1.59. The second-order valence-corrected chi connectivity index (χ2v) is 5.77. The molecule has 12 heavy (non-hydrogen) atoms. The molecule has 2 N–H and O–H groups in total. The molecule has 0 aliphatic carbocycles. The van der Waals surface area contributed by atoms with Crippen molar-refractivity contribution in [3.8, 4) is 0 Å². The number of aryl methyl sites for hydroxylation is 1. The number of rotatable bonds is 3. The maximum atomic E-state index is 10.7. The molecule has 0 atom stereocenters. The van der Waals surface area contributed by atoms with E-state index in [1.165, 1.54) is 17.6 Å². The third-order valence-electron chi connectivity index (χ3n) is 1.17. The Morgan fingerprint density at radius 2 is 2.17 bits per heavy atom. The van der Waals surface area contributed by atoms with Gasteiger partial charge in [0.25, 0.3) is 0 Å². The molecule has 0 radical (unpaired) electrons. The number of anilines is 1. The number of hydrogen-bond donors (Lipinski definition) is 1. The van der Waals surface area contributed by atoms with Crippen molar-refractivity contribution in [3.63, 3.8) is 0 Å². The van der Waals surface area contributed by atoms with E-state index in [1.807, 2.05) is 0 Å². The number of nitrogen functional groups attached to an aromatic ring is 1. The van der Waals surface area contributed by atoms with Crippen LogP contribution in [0.25, 0.3) is 0 Å². The molecule has 0 bridgehead atoms. The zero-order valence-electron chi connectivity index (χ0n) is 6.52. The second-order valence-electron chi connectivity index (χ2n) is 2.41. The Labute approximate surface area is 74.5 Å². The topological polar surface area (TPSA) is 85.9 Å². The van der Waals surface area contributed by atoms with Crippen LogP contribution in [-0.2, 0) is 16.3 Å². The lowest BCUT2D eigenvalue weighted by Crippen LogP contribution is -2.05. The molecule has 1 heterocycles. The normalized spacial score (nSPS) is 11.8. The molecule has 0 amide bonds. The Morgan fingerprint density at radius 3 is 2.58 bits per heavy atom. The highest BCUT2D eigenvalue weighted by Gasteiger charge is 2.06. The van der Waals surface area contributed by atoms with E-state index < -0.39 is 9.84 Å². The smallest absolute Gasteiger partial charge is 0.203 e. The minimum Gasteiger partial charge on any atom is -0.374 e. The lowest BCUT2D eigenvalue weighted by atomic mass is 10.5. The first-order chi connectivity index (χ1) is 5.47. The predicted molar refractivity (Wildman–Crippen MR) is 47.7 cm³/mol. The SMILES string of the molecule is CS(=O)(=O)CCc1nnc(N)s1. The predicted octanol–water partition coefficient (Wildman–Crippen LogP) is -0.293. The van der Waals surface area contributed by atoms with Gasteiger partial charge in [-0.25, -0.2) is 8.42 Å². The largest absolute Gasteiger partial charge is 0.374 e. The van der Waals surface area contributed by atoms with E-state index in [1.54, 1.807) is 0 Å². The number of sulfone groups is 1. The molecule has 0 aromatic carbocycles. The molecular formula is C5H9N3O2S2. The van der Waals surface area contributed by atoms with Crippen LogP contribution >= 0.6 is 11.3 Å². The Morgan fingerprint density at radius 1 is 1.50 bits per heavy atom. The van der Waals surface area contributed by atoms with E-state index in [9.17, 15) is 8.42 Å². The van der Waals surface area contributed by atoms with Gasteiger partial charge in [-0.15, -0.1) is 10.2 Å². The lowest BCUT2D eigenvalue weighted by molar-refractivity contribution is 0.601. The summed E-state index contributed by atoms with van der Waals surface area (Å²) in [5, 5.41) is 8.31. The number of nitrogens with zero attached hydrogens (tertiary/aromatic N) is 2. The van der Waals surface area contributed by atoms with Gasteiger partial charge in [-0.2, -0.15) is 0 Å². The van der Waals surface area contributed by atoms with Crippen LogP contribution in [0.3, 0.4) is 0 Å². The van der Waals surface area contributed by atoms with E-state index >= 15 is 0 Å². The molecular weight excluding hydrogens is 198 g/mol. The molecule has 5 nitrogen and oxygen atoms in total. The maximum absolute atomic E-state index is 10.7. The minimum absolute atomic E-state index is 0.0988. The zero-order valence-corrected chi connectivity index (χ0v) is 8.15. The summed E-state index contributed by atoms with van der Waals surface area (Å²) in [5.41, 5.74) is 5.31. The molecule has 1 rings (SSSR count). The van der Waals surface area contributed by atoms with Gasteiger partial charge in [0, 0.05) is 12.7 Å². The first-order valence-electron chi connectivity index (χ1n) is 3.23. The van der Waals surface area contributed by atoms with Crippen LogP contribution in [0.2, 0.25) is 0 Å². The average molecular weight is 207 g/mol. The van der Waals surface area contributed by atoms with Gasteiger partial charge >= 0.3 is 0 Å². The standard InChI is InChI=1S/C5H9N3O2S2/c1-12(9,10)3-2-4-7-8-5(6)11-4/h2-3H2,1H3,(H2,6,8). The first-order valence-corrected chi connectivity index (χ1v) is 6.10. The van der Waals surface area contributed by atoms with Crippen molar-refractivity contribution in [2.24, 2.45) is 0 Å². The summed E-state index contributed by atoms with van der Waals surface area (Å²) in [5.74, 6) is 0.0988. The molecule has 0 saturated carbocycles. The summed E-state index contributed by atoms with van der Waals surface area (Å²) < 4.78 is 21.5. The molecule has 7 heteroatoms. The van der Waals surface area contributed by atoms with Crippen LogP contribution in [0.4, 0.5) is 5.13 Å². The van der Waals surface area contributed by atoms with Crippen molar-refractivity contribution in [2.75, 3.05) is 17.7 Å². The summed E-state index contributed by atoms with van der Waals surface area (Å²) >= 11 is 1.22. The van der Waals surface area contributed by atoms with Crippen molar-refractivity contribution in [1.29, 1.82) is 0 Å². The first kappa shape index (κ1) is 9.40. The maximum Gasteiger partial charge on any atom is 0.203 e. The monoisotopic (exact) mass is 207 g/mol. The molecule has 0 aliphatic heterocycles. The molecule has 0 spiro atoms. The van der Waals surface area contributed by atoms with Gasteiger partial charge in [0.05, 0.1) is 5.75 Å². The van der Waals surface area contributed by atoms with Crippen LogP contribution in [0.1, 0.15) is 5.01 Å². The summed E-state index contributed by atoms with van der Waals surface area (Å²) in [6, 6.07) is 0. The third-order valence-corrected chi connectivity index (χ3v) is 2.93. The van der Waals surface area contributed by atoms with Crippen molar-refractivity contribution >= 4 is 26.3 Å². The Bertz CT molecular complexity index is 357. The van der Waals surface area contributed by atoms with Gasteiger partial charge in [0.1, 0.15) is 14.8 Å². The van der Waals surface area contributed by atoms with Gasteiger partial charge in [0.2, 0.25) is 5.13 Å². The van der Waals surface area contributed by atoms with E-state index in [-0.39, 0.29) is 5.75 Å². The van der Waals surface area contributed by atoms with Gasteiger partial charge in [-0.05, 0) is 0 Å². The van der Waals surface area contributed by atoms with Crippen molar-refractivity contribution in [2.45, 2.75) is 6.42 Å². The highest BCUT2D eigenvalue weighted by Crippen LogP contribution is 2.11. The van der Waals surface area contributed by atoms with Crippen molar-refractivity contribution in [3.05, 3.63) is 5.01 Å². The van der Waals surface area contributed by atoms with Crippen LogP contribution < -0.4 is 5.73 Å². The van der Waals surface area contributed by atoms with Gasteiger partial charge in [-0.1, -0.05) is 11.3 Å². The number of nitrogens with two attached hydrogens (primary N) is 1. The molecule has 0 unspecified atom stereocenters. The van der Waals surface area contributed by atoms with E-state index in [0.29, 0.717) is 16.6 Å². The molecule has 1 aromatic heterocycles. The number of hydrogen-bond acceptors (Lipinski definition) is 6. The fourth-order valence-electron chi connectivity index (χ4n) is 0.640. The highest BCUT2D eigenvalue weighted by atomic mass is 32.2. The molecule has 0 fully saturated rings. The van der Waals surface area contributed by atoms with E-state index in [0.717, 1.165) is 0 Å². The fraction of sp³-hybridized carbons (Fsp3) is 0.600. The molecule has 68 valence electrons. The van der Waals surface area contributed by atoms with Gasteiger partial charge < -0.3 is 5.73 Å². The van der Waals surface area contributed by atoms with Crippen molar-refractivity contribution < 1.29 is 8.42 Å². The van der Waals surface area contributed by atoms with Crippen molar-refractivity contribution in [1.82, 2.24) is 10.2 Å². The third kappa shape index (κ3) is 3.14. The van der Waals surface area contributed by atoms with Crippen LogP contribution in [0.15, 0.2) is 0 Å². The van der Waals surface area contributed by atoms with E-state index in [4.69, 9.17) is 5.73 Å². The molecule has 0 aliphatic rings. The zero-order chi connectivity index (χ0) is 9.19. The van der Waals surface area contributed by atoms with Crippen LogP contribution in [-0.4, -0.2) is 30.6 Å². The highest BCUT2D eigenvalue weighted by molar-refractivity contribution is 7.90. The van der Waals surface area contributed by atoms with Gasteiger partial charge in [-0.3, -0.25) is 0 Å².